The molecule has 0 saturated carbocycles. The fourth-order valence-corrected chi connectivity index (χ4v) is 2.83. The van der Waals surface area contributed by atoms with Crippen LogP contribution in [0.25, 0.3) is 0 Å². The van der Waals surface area contributed by atoms with Gasteiger partial charge in [-0.3, -0.25) is 4.79 Å². The lowest BCUT2D eigenvalue weighted by molar-refractivity contribution is -0.120. The zero-order chi connectivity index (χ0) is 15.2. The monoisotopic (exact) mass is 302 g/mol. The van der Waals surface area contributed by atoms with Crippen molar-refractivity contribution in [1.29, 1.82) is 0 Å². The molecule has 1 amide bonds. The Labute approximate surface area is 130 Å². The van der Waals surface area contributed by atoms with E-state index in [1.54, 1.807) is 0 Å². The van der Waals surface area contributed by atoms with Crippen LogP contribution in [-0.2, 0) is 20.8 Å². The van der Waals surface area contributed by atoms with Crippen molar-refractivity contribution in [3.63, 3.8) is 0 Å². The molecule has 0 bridgehead atoms. The summed E-state index contributed by atoms with van der Waals surface area (Å²) in [4.78, 5) is 17.4. The Morgan fingerprint density at radius 1 is 1.32 bits per heavy atom. The standard InChI is InChI=1S/C17H22N2O3/c20-17(18-11-14-6-7-21-12-14)10-15-9-16(22-19-15)8-13-4-2-1-3-5-13/h1-5,14,16H,6-12H2,(H,18,20). The SMILES string of the molecule is O=C(CC1=NOC(Cc2ccccc2)C1)NCC1CCOC1. The highest BCUT2D eigenvalue weighted by Crippen LogP contribution is 2.17. The Balaban J connectivity index is 1.37. The van der Waals surface area contributed by atoms with Gasteiger partial charge in [0.1, 0.15) is 6.10 Å². The Kier molecular flexibility index (Phi) is 5.06. The third-order valence-corrected chi connectivity index (χ3v) is 4.08. The van der Waals surface area contributed by atoms with Gasteiger partial charge in [0.15, 0.2) is 0 Å². The van der Waals surface area contributed by atoms with Gasteiger partial charge in [-0.15, -0.1) is 0 Å². The number of benzene rings is 1. The fraction of sp³-hybridized carbons (Fsp3) is 0.529. The number of hydrogen-bond donors (Lipinski definition) is 1. The largest absolute Gasteiger partial charge is 0.392 e. The number of nitrogens with one attached hydrogen (secondary N) is 1. The van der Waals surface area contributed by atoms with E-state index in [-0.39, 0.29) is 12.0 Å². The van der Waals surface area contributed by atoms with Gasteiger partial charge in [-0.05, 0) is 12.0 Å². The highest BCUT2D eigenvalue weighted by molar-refractivity contribution is 6.01. The molecule has 0 aliphatic carbocycles. The van der Waals surface area contributed by atoms with Crippen LogP contribution in [0.15, 0.2) is 35.5 Å². The van der Waals surface area contributed by atoms with Crippen molar-refractivity contribution in [3.05, 3.63) is 35.9 Å². The van der Waals surface area contributed by atoms with E-state index in [4.69, 9.17) is 9.57 Å². The van der Waals surface area contributed by atoms with Crippen molar-refractivity contribution in [1.82, 2.24) is 5.32 Å². The minimum atomic E-state index is 0.0228. The minimum absolute atomic E-state index is 0.0228. The van der Waals surface area contributed by atoms with Crippen LogP contribution < -0.4 is 5.32 Å². The summed E-state index contributed by atoms with van der Waals surface area (Å²) in [5.74, 6) is 0.478. The highest BCUT2D eigenvalue weighted by atomic mass is 16.6. The van der Waals surface area contributed by atoms with E-state index < -0.39 is 0 Å². The highest BCUT2D eigenvalue weighted by Gasteiger charge is 2.23. The molecule has 5 heteroatoms. The lowest BCUT2D eigenvalue weighted by Gasteiger charge is -2.09. The molecular weight excluding hydrogens is 280 g/mol. The van der Waals surface area contributed by atoms with E-state index in [0.717, 1.165) is 38.2 Å². The van der Waals surface area contributed by atoms with Crippen LogP contribution in [-0.4, -0.2) is 37.5 Å². The van der Waals surface area contributed by atoms with Gasteiger partial charge < -0.3 is 14.9 Å². The average Bonchev–Trinajstić information content (AvgIpc) is 3.18. The molecule has 2 atom stereocenters. The third kappa shape index (κ3) is 4.31. The summed E-state index contributed by atoms with van der Waals surface area (Å²) >= 11 is 0. The van der Waals surface area contributed by atoms with Crippen LogP contribution in [0, 0.1) is 5.92 Å². The van der Waals surface area contributed by atoms with Gasteiger partial charge in [-0.2, -0.15) is 0 Å². The van der Waals surface area contributed by atoms with E-state index in [0.29, 0.717) is 18.9 Å². The van der Waals surface area contributed by atoms with E-state index in [1.165, 1.54) is 5.56 Å². The van der Waals surface area contributed by atoms with Crippen LogP contribution in [0.1, 0.15) is 24.8 Å². The van der Waals surface area contributed by atoms with E-state index in [9.17, 15) is 4.79 Å². The van der Waals surface area contributed by atoms with E-state index >= 15 is 0 Å². The lowest BCUT2D eigenvalue weighted by Crippen LogP contribution is -2.31. The van der Waals surface area contributed by atoms with Gasteiger partial charge in [-0.25, -0.2) is 0 Å². The van der Waals surface area contributed by atoms with Crippen molar-refractivity contribution in [3.8, 4) is 0 Å². The Hall–Kier alpha value is -1.88. The molecule has 118 valence electrons. The van der Waals surface area contributed by atoms with Crippen molar-refractivity contribution in [2.45, 2.75) is 31.8 Å². The molecular formula is C17H22N2O3. The van der Waals surface area contributed by atoms with E-state index in [1.807, 2.05) is 18.2 Å². The van der Waals surface area contributed by atoms with Gasteiger partial charge >= 0.3 is 0 Å². The van der Waals surface area contributed by atoms with Crippen LogP contribution in [0.3, 0.4) is 0 Å². The summed E-state index contributed by atoms with van der Waals surface area (Å²) in [5.41, 5.74) is 2.07. The zero-order valence-corrected chi connectivity index (χ0v) is 12.7. The normalized spacial score (nSPS) is 23.9. The number of carbonyl (C=O) groups excluding carboxylic acids is 1. The maximum atomic E-state index is 11.9. The summed E-state index contributed by atoms with van der Waals surface area (Å²) in [6.45, 7) is 2.26. The third-order valence-electron chi connectivity index (χ3n) is 4.08. The van der Waals surface area contributed by atoms with Gasteiger partial charge in [0, 0.05) is 31.9 Å². The molecule has 3 rings (SSSR count). The number of hydrogen-bond acceptors (Lipinski definition) is 4. The predicted molar refractivity (Wildman–Crippen MR) is 83.6 cm³/mol. The maximum absolute atomic E-state index is 11.9. The summed E-state index contributed by atoms with van der Waals surface area (Å²) in [6.07, 6.45) is 2.97. The maximum Gasteiger partial charge on any atom is 0.225 e. The molecule has 2 aliphatic heterocycles. The number of amides is 1. The van der Waals surface area contributed by atoms with Gasteiger partial charge in [0.25, 0.3) is 0 Å². The molecule has 1 aromatic carbocycles. The van der Waals surface area contributed by atoms with Crippen LogP contribution in [0.4, 0.5) is 0 Å². The van der Waals surface area contributed by atoms with Crippen molar-refractivity contribution in [2.24, 2.45) is 11.1 Å². The first kappa shape index (κ1) is 15.0. The number of oxime groups is 1. The molecule has 0 spiro atoms. The molecule has 22 heavy (non-hydrogen) atoms. The second-order valence-electron chi connectivity index (χ2n) is 5.99. The lowest BCUT2D eigenvalue weighted by atomic mass is 10.0. The first-order valence-corrected chi connectivity index (χ1v) is 7.89. The molecule has 5 nitrogen and oxygen atoms in total. The molecule has 0 radical (unpaired) electrons. The predicted octanol–water partition coefficient (Wildman–Crippen LogP) is 1.92. The Bertz CT molecular complexity index is 524. The summed E-state index contributed by atoms with van der Waals surface area (Å²) < 4.78 is 5.30. The van der Waals surface area contributed by atoms with E-state index in [2.05, 4.69) is 22.6 Å². The first-order valence-electron chi connectivity index (χ1n) is 7.89. The van der Waals surface area contributed by atoms with Crippen molar-refractivity contribution in [2.75, 3.05) is 19.8 Å². The van der Waals surface area contributed by atoms with Gasteiger partial charge in [0.2, 0.25) is 5.91 Å². The second-order valence-corrected chi connectivity index (χ2v) is 5.99. The topological polar surface area (TPSA) is 59.9 Å². The van der Waals surface area contributed by atoms with Gasteiger partial charge in [-0.1, -0.05) is 35.5 Å². The molecule has 1 fully saturated rings. The Morgan fingerprint density at radius 2 is 2.18 bits per heavy atom. The summed E-state index contributed by atoms with van der Waals surface area (Å²) in [5, 5.41) is 7.02. The fourth-order valence-electron chi connectivity index (χ4n) is 2.83. The van der Waals surface area contributed by atoms with Crippen molar-refractivity contribution >= 4 is 11.6 Å². The van der Waals surface area contributed by atoms with Crippen LogP contribution in [0.2, 0.25) is 0 Å². The second kappa shape index (κ2) is 7.40. The number of carbonyl (C=O) groups is 1. The average molecular weight is 302 g/mol. The van der Waals surface area contributed by atoms with Crippen molar-refractivity contribution < 1.29 is 14.4 Å². The number of rotatable bonds is 6. The number of ether oxygens (including phenoxy) is 1. The van der Waals surface area contributed by atoms with Gasteiger partial charge in [0.05, 0.1) is 18.7 Å². The van der Waals surface area contributed by atoms with Crippen LogP contribution >= 0.6 is 0 Å². The summed E-state index contributed by atoms with van der Waals surface area (Å²) in [7, 11) is 0. The molecule has 1 saturated heterocycles. The quantitative estimate of drug-likeness (QED) is 0.873. The molecule has 1 aromatic rings. The minimum Gasteiger partial charge on any atom is -0.392 e. The van der Waals surface area contributed by atoms with Crippen LogP contribution in [0.5, 0.6) is 0 Å². The molecule has 1 N–H and O–H groups in total. The Morgan fingerprint density at radius 3 is 2.95 bits per heavy atom. The molecule has 2 heterocycles. The molecule has 0 aromatic heterocycles. The first-order chi connectivity index (χ1) is 10.8. The molecule has 2 unspecified atom stereocenters. The zero-order valence-electron chi connectivity index (χ0n) is 12.7. The summed E-state index contributed by atoms with van der Waals surface area (Å²) in [6, 6.07) is 10.2. The smallest absolute Gasteiger partial charge is 0.225 e. The number of nitrogens with zero attached hydrogens (tertiary/aromatic N) is 1. The molecule has 2 aliphatic rings.